The van der Waals surface area contributed by atoms with Crippen molar-refractivity contribution in [3.8, 4) is 11.5 Å². The Morgan fingerprint density at radius 2 is 1.78 bits per heavy atom. The molecule has 2 aliphatic heterocycles. The molecule has 188 valence electrons. The van der Waals surface area contributed by atoms with Crippen LogP contribution in [0.4, 0.5) is 10.5 Å². The Kier molecular flexibility index (Phi) is 7.94. The number of methoxy groups -OCH3 is 1. The summed E-state index contributed by atoms with van der Waals surface area (Å²) >= 11 is 0.867. The zero-order valence-corrected chi connectivity index (χ0v) is 20.9. The van der Waals surface area contributed by atoms with Crippen molar-refractivity contribution in [1.82, 2.24) is 10.2 Å². The predicted octanol–water partition coefficient (Wildman–Crippen LogP) is 3.30. The minimum Gasteiger partial charge on any atom is -0.497 e. The second kappa shape index (κ2) is 11.3. The van der Waals surface area contributed by atoms with Crippen LogP contribution in [0.5, 0.6) is 11.5 Å². The first-order chi connectivity index (χ1) is 17.4. The molecule has 0 bridgehead atoms. The van der Waals surface area contributed by atoms with Gasteiger partial charge in [-0.1, -0.05) is 12.1 Å². The third-order valence-corrected chi connectivity index (χ3v) is 6.78. The predicted molar refractivity (Wildman–Crippen MR) is 137 cm³/mol. The van der Waals surface area contributed by atoms with Crippen LogP contribution >= 0.6 is 11.8 Å². The zero-order chi connectivity index (χ0) is 25.7. The number of anilines is 1. The van der Waals surface area contributed by atoms with E-state index in [0.717, 1.165) is 22.2 Å². The lowest BCUT2D eigenvalue weighted by molar-refractivity contribution is -0.127. The van der Waals surface area contributed by atoms with Crippen molar-refractivity contribution in [3.63, 3.8) is 0 Å². The molecule has 36 heavy (non-hydrogen) atoms. The topological polar surface area (TPSA) is 105 Å². The number of amides is 4. The highest BCUT2D eigenvalue weighted by atomic mass is 32.2. The summed E-state index contributed by atoms with van der Waals surface area (Å²) < 4.78 is 10.6. The number of imide groups is 1. The van der Waals surface area contributed by atoms with Crippen molar-refractivity contribution in [1.29, 1.82) is 0 Å². The van der Waals surface area contributed by atoms with E-state index in [2.05, 4.69) is 5.32 Å². The Balaban J connectivity index is 1.28. The molecular weight excluding hydrogens is 482 g/mol. The van der Waals surface area contributed by atoms with Gasteiger partial charge in [0.05, 0.1) is 24.5 Å². The SMILES string of the molecule is CCOc1ccc(N2C[C@@H](C(=O)NCCN3C(=O)S/C(=C/c4ccc(OC)cc4)C3=O)CC2=O)cc1. The van der Waals surface area contributed by atoms with E-state index in [9.17, 15) is 19.2 Å². The fourth-order valence-electron chi connectivity index (χ4n) is 4.00. The summed E-state index contributed by atoms with van der Waals surface area (Å²) in [6.45, 7) is 2.89. The maximum absolute atomic E-state index is 12.7. The Morgan fingerprint density at radius 1 is 1.08 bits per heavy atom. The van der Waals surface area contributed by atoms with E-state index in [1.54, 1.807) is 66.6 Å². The second-order valence-corrected chi connectivity index (χ2v) is 9.22. The van der Waals surface area contributed by atoms with Crippen LogP contribution in [0.2, 0.25) is 0 Å². The minimum absolute atomic E-state index is 0.0552. The van der Waals surface area contributed by atoms with Gasteiger partial charge in [-0.05, 0) is 66.7 Å². The molecule has 2 aliphatic rings. The van der Waals surface area contributed by atoms with Crippen LogP contribution in [0, 0.1) is 5.92 Å². The van der Waals surface area contributed by atoms with Crippen molar-refractivity contribution < 1.29 is 28.7 Å². The summed E-state index contributed by atoms with van der Waals surface area (Å²) in [5.41, 5.74) is 1.48. The third-order valence-electron chi connectivity index (χ3n) is 5.88. The van der Waals surface area contributed by atoms with Crippen LogP contribution in [0.1, 0.15) is 18.9 Å². The number of nitrogens with zero attached hydrogens (tertiary/aromatic N) is 2. The number of hydrogen-bond acceptors (Lipinski definition) is 7. The highest BCUT2D eigenvalue weighted by Crippen LogP contribution is 2.32. The van der Waals surface area contributed by atoms with Gasteiger partial charge in [0.2, 0.25) is 11.8 Å². The summed E-state index contributed by atoms with van der Waals surface area (Å²) in [4.78, 5) is 53.3. The van der Waals surface area contributed by atoms with Gasteiger partial charge in [0.15, 0.2) is 0 Å². The van der Waals surface area contributed by atoms with Crippen LogP contribution in [-0.2, 0) is 14.4 Å². The number of nitrogens with one attached hydrogen (secondary N) is 1. The standard InChI is InChI=1S/C26H27N3O6S/c1-3-35-21-10-6-19(7-11-21)29-16-18(15-23(29)30)24(31)27-12-13-28-25(32)22(36-26(28)33)14-17-4-8-20(34-2)9-5-17/h4-11,14,18H,3,12-13,15-16H2,1-2H3,(H,27,31)/b22-14+/t18-/m0/s1. The van der Waals surface area contributed by atoms with E-state index in [-0.39, 0.29) is 43.1 Å². The fraction of sp³-hybridized carbons (Fsp3) is 0.308. The quantitative estimate of drug-likeness (QED) is 0.517. The first-order valence-corrected chi connectivity index (χ1v) is 12.4. The summed E-state index contributed by atoms with van der Waals surface area (Å²) in [7, 11) is 1.57. The number of thioether (sulfide) groups is 1. The summed E-state index contributed by atoms with van der Waals surface area (Å²) in [6.07, 6.45) is 1.76. The van der Waals surface area contributed by atoms with Crippen LogP contribution in [0.3, 0.4) is 0 Å². The summed E-state index contributed by atoms with van der Waals surface area (Å²) in [6, 6.07) is 14.3. The smallest absolute Gasteiger partial charge is 0.293 e. The van der Waals surface area contributed by atoms with Crippen LogP contribution in [0.25, 0.3) is 6.08 Å². The van der Waals surface area contributed by atoms with Crippen molar-refractivity contribution in [2.75, 3.05) is 38.3 Å². The molecule has 0 aliphatic carbocycles. The van der Waals surface area contributed by atoms with E-state index in [1.165, 1.54) is 0 Å². The van der Waals surface area contributed by atoms with Gasteiger partial charge in [-0.15, -0.1) is 0 Å². The van der Waals surface area contributed by atoms with Crippen molar-refractivity contribution in [3.05, 3.63) is 59.0 Å². The molecular formula is C26H27N3O6S. The number of benzene rings is 2. The molecule has 0 aromatic heterocycles. The first kappa shape index (κ1) is 25.3. The van der Waals surface area contributed by atoms with Crippen molar-refractivity contribution in [2.45, 2.75) is 13.3 Å². The highest BCUT2D eigenvalue weighted by molar-refractivity contribution is 8.18. The maximum Gasteiger partial charge on any atom is 0.293 e. The lowest BCUT2D eigenvalue weighted by Gasteiger charge is -2.18. The van der Waals surface area contributed by atoms with E-state index >= 15 is 0 Å². The molecule has 0 saturated carbocycles. The van der Waals surface area contributed by atoms with Gasteiger partial charge in [0.25, 0.3) is 11.1 Å². The first-order valence-electron chi connectivity index (χ1n) is 11.6. The molecule has 0 radical (unpaired) electrons. The lowest BCUT2D eigenvalue weighted by atomic mass is 10.1. The second-order valence-electron chi connectivity index (χ2n) is 8.23. The van der Waals surface area contributed by atoms with Gasteiger partial charge in [-0.2, -0.15) is 0 Å². The normalized spacial score (nSPS) is 18.8. The van der Waals surface area contributed by atoms with Gasteiger partial charge >= 0.3 is 0 Å². The summed E-state index contributed by atoms with van der Waals surface area (Å²) in [5.74, 6) is 0.101. The van der Waals surface area contributed by atoms with E-state index in [1.807, 2.05) is 6.92 Å². The number of rotatable bonds is 9. The third kappa shape index (κ3) is 5.71. The molecule has 2 heterocycles. The molecule has 2 fully saturated rings. The number of carbonyl (C=O) groups is 4. The van der Waals surface area contributed by atoms with Gasteiger partial charge in [-0.3, -0.25) is 24.1 Å². The van der Waals surface area contributed by atoms with Crippen LogP contribution in [0.15, 0.2) is 53.4 Å². The van der Waals surface area contributed by atoms with Crippen molar-refractivity contribution >= 4 is 46.5 Å². The van der Waals surface area contributed by atoms with Gasteiger partial charge in [-0.25, -0.2) is 0 Å². The monoisotopic (exact) mass is 509 g/mol. The van der Waals surface area contributed by atoms with E-state index < -0.39 is 11.8 Å². The molecule has 4 rings (SSSR count). The average Bonchev–Trinajstić information content (AvgIpc) is 3.39. The lowest BCUT2D eigenvalue weighted by Crippen LogP contribution is -2.40. The largest absolute Gasteiger partial charge is 0.497 e. The Labute approximate surface area is 213 Å². The molecule has 10 heteroatoms. The molecule has 0 unspecified atom stereocenters. The average molecular weight is 510 g/mol. The Hall–Kier alpha value is -3.79. The zero-order valence-electron chi connectivity index (χ0n) is 20.1. The fourth-order valence-corrected chi connectivity index (χ4v) is 4.87. The molecule has 4 amide bonds. The van der Waals surface area contributed by atoms with Gasteiger partial charge < -0.3 is 19.7 Å². The van der Waals surface area contributed by atoms with Crippen LogP contribution < -0.4 is 19.7 Å². The molecule has 2 aromatic rings. The Bertz CT molecular complexity index is 1180. The van der Waals surface area contributed by atoms with E-state index in [0.29, 0.717) is 28.7 Å². The van der Waals surface area contributed by atoms with Gasteiger partial charge in [0, 0.05) is 31.7 Å². The van der Waals surface area contributed by atoms with Crippen LogP contribution in [-0.4, -0.2) is 61.2 Å². The van der Waals surface area contributed by atoms with E-state index in [4.69, 9.17) is 9.47 Å². The summed E-state index contributed by atoms with van der Waals surface area (Å²) in [5, 5.41) is 2.38. The molecule has 1 atom stereocenters. The number of ether oxygens (including phenoxy) is 2. The minimum atomic E-state index is -0.506. The molecule has 9 nitrogen and oxygen atoms in total. The molecule has 2 saturated heterocycles. The number of carbonyl (C=O) groups excluding carboxylic acids is 4. The van der Waals surface area contributed by atoms with Crippen molar-refractivity contribution in [2.24, 2.45) is 5.92 Å². The highest BCUT2D eigenvalue weighted by Gasteiger charge is 2.37. The molecule has 2 aromatic carbocycles. The maximum atomic E-state index is 12.7. The molecule has 0 spiro atoms. The molecule has 1 N–H and O–H groups in total. The number of hydrogen-bond donors (Lipinski definition) is 1. The Morgan fingerprint density at radius 3 is 2.44 bits per heavy atom. The van der Waals surface area contributed by atoms with Gasteiger partial charge in [0.1, 0.15) is 11.5 Å².